The molecular weight excluding hydrogens is 522 g/mol. The van der Waals surface area contributed by atoms with Crippen LogP contribution in [0, 0.1) is 17.8 Å². The third-order valence-corrected chi connectivity index (χ3v) is 7.50. The van der Waals surface area contributed by atoms with Crippen molar-refractivity contribution in [3.8, 4) is 5.75 Å². The molecule has 3 aromatic carbocycles. The number of amides is 2. The number of carbonyl (C=O) groups is 5. The van der Waals surface area contributed by atoms with E-state index < -0.39 is 42.2 Å². The van der Waals surface area contributed by atoms with Crippen LogP contribution in [0.25, 0.3) is 0 Å². The number of ketones is 1. The summed E-state index contributed by atoms with van der Waals surface area (Å²) < 4.78 is 10.7. The number of benzene rings is 3. The first-order valence-corrected chi connectivity index (χ1v) is 13.5. The molecule has 0 radical (unpaired) electrons. The second-order valence-corrected chi connectivity index (χ2v) is 10.2. The fraction of sp³-hybridized carbons (Fsp3) is 0.242. The van der Waals surface area contributed by atoms with Crippen molar-refractivity contribution in [2.45, 2.75) is 25.8 Å². The van der Waals surface area contributed by atoms with Gasteiger partial charge < -0.3 is 9.47 Å². The van der Waals surface area contributed by atoms with Gasteiger partial charge in [-0.1, -0.05) is 67.6 Å². The number of Topliss-reactive ketones (excluding diaryl/α,β-unsaturated/α-hetero) is 1. The Bertz CT molecular complexity index is 1480. The van der Waals surface area contributed by atoms with Crippen molar-refractivity contribution in [1.82, 2.24) is 4.90 Å². The van der Waals surface area contributed by atoms with Crippen molar-refractivity contribution in [3.63, 3.8) is 0 Å². The maximum atomic E-state index is 13.4. The third kappa shape index (κ3) is 6.01. The Kier molecular flexibility index (Phi) is 8.19. The number of ether oxygens (including phenoxy) is 2. The van der Waals surface area contributed by atoms with E-state index in [4.69, 9.17) is 9.47 Å². The van der Waals surface area contributed by atoms with Gasteiger partial charge in [0, 0.05) is 12.0 Å². The zero-order valence-corrected chi connectivity index (χ0v) is 22.5. The molecule has 0 bridgehead atoms. The van der Waals surface area contributed by atoms with Gasteiger partial charge in [-0.25, -0.2) is 9.59 Å². The molecule has 2 aliphatic rings. The summed E-state index contributed by atoms with van der Waals surface area (Å²) >= 11 is 0. The Morgan fingerprint density at radius 2 is 1.51 bits per heavy atom. The molecule has 0 saturated carbocycles. The minimum absolute atomic E-state index is 0.0775. The van der Waals surface area contributed by atoms with Crippen molar-refractivity contribution in [3.05, 3.63) is 114 Å². The highest BCUT2D eigenvalue weighted by atomic mass is 16.5. The molecule has 0 spiro atoms. The maximum Gasteiger partial charge on any atom is 0.343 e. The molecule has 1 saturated heterocycles. The zero-order chi connectivity index (χ0) is 28.9. The minimum atomic E-state index is -1.19. The van der Waals surface area contributed by atoms with Gasteiger partial charge in [0.15, 0.2) is 12.4 Å². The first kappa shape index (κ1) is 27.7. The summed E-state index contributed by atoms with van der Waals surface area (Å²) in [4.78, 5) is 66.3. The lowest BCUT2D eigenvalue weighted by molar-refractivity contribution is -0.158. The molecule has 1 aliphatic carbocycles. The normalized spacial score (nSPS) is 20.3. The predicted molar refractivity (Wildman–Crippen MR) is 149 cm³/mol. The molecule has 4 atom stereocenters. The van der Waals surface area contributed by atoms with E-state index in [9.17, 15) is 24.0 Å². The van der Waals surface area contributed by atoms with Crippen LogP contribution >= 0.6 is 0 Å². The van der Waals surface area contributed by atoms with E-state index in [1.54, 1.807) is 54.6 Å². The average molecular weight is 552 g/mol. The van der Waals surface area contributed by atoms with E-state index in [1.807, 2.05) is 25.1 Å². The minimum Gasteiger partial charge on any atom is -0.456 e. The van der Waals surface area contributed by atoms with Crippen LogP contribution < -0.4 is 4.74 Å². The summed E-state index contributed by atoms with van der Waals surface area (Å²) in [6.07, 6.45) is 4.34. The molecule has 0 aromatic heterocycles. The Hall–Kier alpha value is -4.85. The molecule has 2 amide bonds. The van der Waals surface area contributed by atoms with E-state index in [0.29, 0.717) is 12.0 Å². The van der Waals surface area contributed by atoms with Crippen molar-refractivity contribution in [2.75, 3.05) is 6.61 Å². The summed E-state index contributed by atoms with van der Waals surface area (Å²) in [6, 6.07) is 22.3. The van der Waals surface area contributed by atoms with E-state index >= 15 is 0 Å². The van der Waals surface area contributed by atoms with Crippen LogP contribution in [0.5, 0.6) is 5.75 Å². The zero-order valence-electron chi connectivity index (χ0n) is 22.5. The number of nitrogens with zero attached hydrogens (tertiary/aromatic N) is 1. The smallest absolute Gasteiger partial charge is 0.343 e. The molecule has 5 rings (SSSR count). The monoisotopic (exact) mass is 551 g/mol. The number of rotatable bonds is 9. The van der Waals surface area contributed by atoms with Gasteiger partial charge in [0.1, 0.15) is 11.8 Å². The topological polar surface area (TPSA) is 107 Å². The second kappa shape index (κ2) is 12.1. The van der Waals surface area contributed by atoms with Gasteiger partial charge in [0.05, 0.1) is 17.4 Å². The average Bonchev–Trinajstić information content (AvgIpc) is 3.25. The second-order valence-electron chi connectivity index (χ2n) is 10.2. The number of allylic oxidation sites excluding steroid dienone is 2. The SMILES string of the molecule is CC1C=CCC2C(=O)N(C(Cc3ccccc3)C(=O)OCC(=O)c3ccc(OC(=O)c4ccccc4)cc3)C(=O)C12. The van der Waals surface area contributed by atoms with Crippen LogP contribution in [0.2, 0.25) is 0 Å². The highest BCUT2D eigenvalue weighted by molar-refractivity contribution is 6.08. The molecule has 1 heterocycles. The van der Waals surface area contributed by atoms with Crippen molar-refractivity contribution >= 4 is 29.5 Å². The van der Waals surface area contributed by atoms with Crippen LogP contribution in [-0.2, 0) is 25.5 Å². The summed E-state index contributed by atoms with van der Waals surface area (Å²) in [7, 11) is 0. The Labute approximate surface area is 237 Å². The number of carbonyl (C=O) groups excluding carboxylic acids is 5. The number of esters is 2. The van der Waals surface area contributed by atoms with Crippen molar-refractivity contribution in [1.29, 1.82) is 0 Å². The number of likely N-dealkylation sites (tertiary alicyclic amines) is 1. The van der Waals surface area contributed by atoms with Gasteiger partial charge in [0.25, 0.3) is 0 Å². The summed E-state index contributed by atoms with van der Waals surface area (Å²) in [5.74, 6) is -3.51. The van der Waals surface area contributed by atoms with Gasteiger partial charge in [-0.05, 0) is 54.3 Å². The van der Waals surface area contributed by atoms with Gasteiger partial charge in [0.2, 0.25) is 11.8 Å². The standard InChI is InChI=1S/C33H29NO7/c1-21-9-8-14-26-29(21)31(37)34(30(26)36)27(19-22-10-4-2-5-11-22)33(39)40-20-28(35)23-15-17-25(18-16-23)41-32(38)24-12-6-3-7-13-24/h2-13,15-18,21,26-27,29H,14,19-20H2,1H3. The molecule has 0 N–H and O–H groups in total. The highest BCUT2D eigenvalue weighted by Crippen LogP contribution is 2.39. The first-order chi connectivity index (χ1) is 19.8. The maximum absolute atomic E-state index is 13.4. The summed E-state index contributed by atoms with van der Waals surface area (Å²) in [5.41, 5.74) is 1.39. The van der Waals surface area contributed by atoms with Gasteiger partial charge in [-0.3, -0.25) is 19.3 Å². The fourth-order valence-electron chi connectivity index (χ4n) is 5.36. The Morgan fingerprint density at radius 3 is 2.17 bits per heavy atom. The van der Waals surface area contributed by atoms with Crippen LogP contribution in [-0.4, -0.2) is 47.1 Å². The quantitative estimate of drug-likeness (QED) is 0.127. The molecule has 4 unspecified atom stereocenters. The van der Waals surface area contributed by atoms with Gasteiger partial charge in [-0.15, -0.1) is 0 Å². The van der Waals surface area contributed by atoms with Crippen molar-refractivity contribution in [2.24, 2.45) is 17.8 Å². The van der Waals surface area contributed by atoms with Gasteiger partial charge in [-0.2, -0.15) is 0 Å². The number of imide groups is 1. The molecule has 8 heteroatoms. The lowest BCUT2D eigenvalue weighted by atomic mass is 9.78. The molecule has 1 fully saturated rings. The van der Waals surface area contributed by atoms with Crippen LogP contribution in [0.3, 0.4) is 0 Å². The van der Waals surface area contributed by atoms with E-state index in [-0.39, 0.29) is 35.5 Å². The molecule has 3 aromatic rings. The summed E-state index contributed by atoms with van der Waals surface area (Å²) in [5, 5.41) is 0. The lowest BCUT2D eigenvalue weighted by Crippen LogP contribution is -2.48. The molecular formula is C33H29NO7. The van der Waals surface area contributed by atoms with E-state index in [2.05, 4.69) is 0 Å². The third-order valence-electron chi connectivity index (χ3n) is 7.50. The fourth-order valence-corrected chi connectivity index (χ4v) is 5.36. The Morgan fingerprint density at radius 1 is 0.854 bits per heavy atom. The highest BCUT2D eigenvalue weighted by Gasteiger charge is 2.53. The molecule has 8 nitrogen and oxygen atoms in total. The van der Waals surface area contributed by atoms with Crippen LogP contribution in [0.4, 0.5) is 0 Å². The Balaban J connectivity index is 1.26. The summed E-state index contributed by atoms with van der Waals surface area (Å²) in [6.45, 7) is 1.31. The van der Waals surface area contributed by atoms with E-state index in [1.165, 1.54) is 24.3 Å². The van der Waals surface area contributed by atoms with Crippen LogP contribution in [0.1, 0.15) is 39.6 Å². The number of fused-ring (bicyclic) bond motifs is 1. The predicted octanol–water partition coefficient (Wildman–Crippen LogP) is 4.44. The van der Waals surface area contributed by atoms with Crippen molar-refractivity contribution < 1.29 is 33.4 Å². The number of hydrogen-bond acceptors (Lipinski definition) is 7. The lowest BCUT2D eigenvalue weighted by Gasteiger charge is -2.25. The first-order valence-electron chi connectivity index (χ1n) is 13.5. The van der Waals surface area contributed by atoms with Gasteiger partial charge >= 0.3 is 11.9 Å². The van der Waals surface area contributed by atoms with E-state index in [0.717, 1.165) is 10.5 Å². The molecule has 41 heavy (non-hydrogen) atoms. The molecule has 1 aliphatic heterocycles. The largest absolute Gasteiger partial charge is 0.456 e. The number of hydrogen-bond donors (Lipinski definition) is 0. The molecule has 208 valence electrons. The van der Waals surface area contributed by atoms with Crippen LogP contribution in [0.15, 0.2) is 97.1 Å².